The van der Waals surface area contributed by atoms with Crippen LogP contribution in [0.5, 0.6) is 0 Å². The predicted molar refractivity (Wildman–Crippen MR) is 242 cm³/mol. The van der Waals surface area contributed by atoms with Crippen molar-refractivity contribution in [3.8, 4) is 11.3 Å². The number of hydrogen-bond acceptors (Lipinski definition) is 4. The maximum Gasteiger partial charge on any atom is 0.674 e. The van der Waals surface area contributed by atoms with E-state index in [9.17, 15) is 0 Å². The average Bonchev–Trinajstić information content (AvgIpc) is 3.22. The van der Waals surface area contributed by atoms with Gasteiger partial charge in [0.1, 0.15) is 0 Å². The number of para-hydroxylation sites is 1. The molecule has 0 spiro atoms. The zero-order valence-electron chi connectivity index (χ0n) is 35.7. The summed E-state index contributed by atoms with van der Waals surface area (Å²) in [5.41, 5.74) is 11.6. The van der Waals surface area contributed by atoms with Gasteiger partial charge in [-0.25, -0.2) is 0 Å². The number of aryl methyl sites for hydroxylation is 2. The van der Waals surface area contributed by atoms with Crippen molar-refractivity contribution in [2.45, 2.75) is 142 Å². The second kappa shape index (κ2) is 23.1. The molecule has 0 saturated carbocycles. The van der Waals surface area contributed by atoms with Gasteiger partial charge in [-0.2, -0.15) is 0 Å². The van der Waals surface area contributed by atoms with Crippen LogP contribution in [-0.2, 0) is 20.4 Å². The van der Waals surface area contributed by atoms with Crippen LogP contribution >= 0.6 is 0 Å². The summed E-state index contributed by atoms with van der Waals surface area (Å²) in [4.78, 5) is 5.65. The zero-order chi connectivity index (χ0) is 39.7. The highest BCUT2D eigenvalue weighted by Gasteiger charge is 2.24. The number of fused-ring (bicyclic) bond motifs is 1. The summed E-state index contributed by atoms with van der Waals surface area (Å²) in [6.07, 6.45) is 14.3. The fourth-order valence-corrected chi connectivity index (χ4v) is 9.55. The second-order valence-electron chi connectivity index (χ2n) is 16.1. The number of hydrogen-bond donors (Lipinski definition) is 1. The first-order valence-corrected chi connectivity index (χ1v) is 23.7. The molecule has 4 aromatic carbocycles. The third-order valence-corrected chi connectivity index (χ3v) is 13.3. The van der Waals surface area contributed by atoms with Gasteiger partial charge in [0.2, 0.25) is 0 Å². The lowest BCUT2D eigenvalue weighted by Crippen LogP contribution is -2.20. The minimum atomic E-state index is -1.40. The molecule has 0 saturated heterocycles. The Morgan fingerprint density at radius 2 is 1.30 bits per heavy atom. The summed E-state index contributed by atoms with van der Waals surface area (Å²) < 4.78 is 11.4. The summed E-state index contributed by atoms with van der Waals surface area (Å²) in [6.45, 7) is 14.6. The van der Waals surface area contributed by atoms with Gasteiger partial charge in [-0.1, -0.05) is 178 Å². The van der Waals surface area contributed by atoms with E-state index in [4.69, 9.17) is 12.6 Å². The minimum Gasteiger partial charge on any atom is -0.481 e. The molecular weight excluding hydrogens is 700 g/mol. The number of aromatic nitrogens is 1. The molecule has 298 valence electrons. The monoisotopic (exact) mass is 769 g/mol. The van der Waals surface area contributed by atoms with Gasteiger partial charge in [0, 0.05) is 25.0 Å². The van der Waals surface area contributed by atoms with Crippen LogP contribution in [0.3, 0.4) is 0 Å². The molecule has 5 aromatic rings. The molecule has 4 nitrogen and oxygen atoms in total. The van der Waals surface area contributed by atoms with E-state index < -0.39 is 14.8 Å². The molecule has 0 fully saturated rings. The Balaban J connectivity index is 1.42. The number of nitrogens with one attached hydrogen (secondary N) is 1. The van der Waals surface area contributed by atoms with Gasteiger partial charge >= 0.3 is 14.8 Å². The molecular formula is C51H69AlN2O2. The van der Waals surface area contributed by atoms with E-state index >= 15 is 0 Å². The second-order valence-corrected chi connectivity index (χ2v) is 18.6. The standard InChI is InChI=1S/C48H61N2O.C2H5.CH3O.Al/c1-6-21-37-24-15-17-28-43(37)48(50-47-39(22-7-2)26-19-29-40(47)35(3)4)45-31-20-30-44(49-45)46-41(33-32-38-25-14-16-27-42(38)46)36(5)23-13-11-9-8-10-12-18-34-51;2*1-2;/h14-17,19-20,24-33,35-36,48,50H,6-13,18,21-23,34H2,1-5H3;1H2,2H3;1H3;/q-1;;-1;+2. The molecule has 1 N–H and O–H groups in total. The first-order chi connectivity index (χ1) is 27.4. The lowest BCUT2D eigenvalue weighted by molar-refractivity contribution is 0.224. The van der Waals surface area contributed by atoms with Crippen molar-refractivity contribution >= 4 is 31.3 Å². The van der Waals surface area contributed by atoms with Gasteiger partial charge < -0.3 is 12.9 Å². The molecule has 1 aromatic heterocycles. The quantitative estimate of drug-likeness (QED) is 0.0501. The van der Waals surface area contributed by atoms with Crippen LogP contribution in [0, 0.1) is 0 Å². The van der Waals surface area contributed by atoms with Gasteiger partial charge in [0.05, 0.1) is 17.4 Å². The molecule has 1 heterocycles. The van der Waals surface area contributed by atoms with Gasteiger partial charge in [0.15, 0.2) is 0 Å². The summed E-state index contributed by atoms with van der Waals surface area (Å²) >= 11 is -1.40. The topological polar surface area (TPSA) is 43.4 Å². The largest absolute Gasteiger partial charge is 0.674 e. The smallest absolute Gasteiger partial charge is 0.481 e. The number of pyridine rings is 1. The van der Waals surface area contributed by atoms with E-state index in [0.717, 1.165) is 55.4 Å². The average molecular weight is 769 g/mol. The van der Waals surface area contributed by atoms with Crippen molar-refractivity contribution in [3.05, 3.63) is 131 Å². The molecule has 5 rings (SSSR count). The first kappa shape index (κ1) is 43.7. The lowest BCUT2D eigenvalue weighted by atomic mass is 9.86. The van der Waals surface area contributed by atoms with Gasteiger partial charge in [-0.3, -0.25) is 4.98 Å². The van der Waals surface area contributed by atoms with Crippen LogP contribution < -0.4 is 5.32 Å². The number of unbranched alkanes of at least 4 members (excludes halogenated alkanes) is 6. The molecule has 2 atom stereocenters. The molecule has 56 heavy (non-hydrogen) atoms. The van der Waals surface area contributed by atoms with E-state index in [1.54, 1.807) is 7.11 Å². The third kappa shape index (κ3) is 11.8. The Morgan fingerprint density at radius 1 is 0.643 bits per heavy atom. The molecule has 0 bridgehead atoms. The SMILES string of the molecule is CCCc1ccccc1C(Nc1c(CCC)cccc1C(C)C)c1cccc(-c2c(C(C)CCCCCCCCC[O][Al]([CH2]C)[O]C)ccc3ccccc23)n1. The molecule has 2 unspecified atom stereocenters. The molecule has 5 heteroatoms. The van der Waals surface area contributed by atoms with Gasteiger partial charge in [0.25, 0.3) is 0 Å². The van der Waals surface area contributed by atoms with Crippen LogP contribution in [0.4, 0.5) is 5.69 Å². The molecule has 0 amide bonds. The minimum absolute atomic E-state index is 0.0861. The number of rotatable bonds is 24. The maximum atomic E-state index is 5.93. The lowest BCUT2D eigenvalue weighted by Gasteiger charge is -2.27. The van der Waals surface area contributed by atoms with Crippen molar-refractivity contribution in [3.63, 3.8) is 0 Å². The highest BCUT2D eigenvalue weighted by atomic mass is 27.2. The summed E-state index contributed by atoms with van der Waals surface area (Å²) in [5.74, 6) is 0.837. The molecule has 0 radical (unpaired) electrons. The highest BCUT2D eigenvalue weighted by Crippen LogP contribution is 2.40. The number of nitrogens with zero attached hydrogens (tertiary/aromatic N) is 1. The van der Waals surface area contributed by atoms with Crippen molar-refractivity contribution in [1.82, 2.24) is 4.98 Å². The molecule has 0 aliphatic heterocycles. The van der Waals surface area contributed by atoms with Crippen LogP contribution in [0.2, 0.25) is 5.28 Å². The van der Waals surface area contributed by atoms with Crippen molar-refractivity contribution in [2.24, 2.45) is 0 Å². The van der Waals surface area contributed by atoms with Gasteiger partial charge in [-0.15, -0.1) is 0 Å². The zero-order valence-corrected chi connectivity index (χ0v) is 36.9. The maximum absolute atomic E-state index is 5.93. The predicted octanol–water partition coefficient (Wildman–Crippen LogP) is 14.5. The van der Waals surface area contributed by atoms with Crippen LogP contribution in [-0.4, -0.2) is 33.5 Å². The Morgan fingerprint density at radius 3 is 2.05 bits per heavy atom. The van der Waals surface area contributed by atoms with Crippen molar-refractivity contribution < 1.29 is 7.58 Å². The number of anilines is 1. The van der Waals surface area contributed by atoms with Gasteiger partial charge in [-0.05, 0) is 93.5 Å². The normalized spacial score (nSPS) is 12.6. The van der Waals surface area contributed by atoms with E-state index in [1.165, 1.54) is 94.8 Å². The summed E-state index contributed by atoms with van der Waals surface area (Å²) in [5, 5.41) is 7.76. The van der Waals surface area contributed by atoms with Crippen molar-refractivity contribution in [2.75, 3.05) is 19.0 Å². The van der Waals surface area contributed by atoms with Crippen LogP contribution in [0.25, 0.3) is 22.0 Å². The summed E-state index contributed by atoms with van der Waals surface area (Å²) in [6, 6.07) is 36.1. The Labute approximate surface area is 344 Å². The first-order valence-electron chi connectivity index (χ1n) is 22.0. The fourth-order valence-electron chi connectivity index (χ4n) is 8.42. The Bertz CT molecular complexity index is 1920. The van der Waals surface area contributed by atoms with Crippen LogP contribution in [0.1, 0.15) is 157 Å². The Hall–Kier alpha value is -3.46. The summed E-state index contributed by atoms with van der Waals surface area (Å²) in [7, 11) is 1.79. The fraction of sp³-hybridized carbons (Fsp3) is 0.471. The molecule has 0 aliphatic rings. The number of benzene rings is 4. The van der Waals surface area contributed by atoms with E-state index in [2.05, 4.69) is 144 Å². The van der Waals surface area contributed by atoms with E-state index in [-0.39, 0.29) is 6.04 Å². The highest BCUT2D eigenvalue weighted by molar-refractivity contribution is 6.44. The Kier molecular flexibility index (Phi) is 18.0. The van der Waals surface area contributed by atoms with E-state index in [1.807, 2.05) is 0 Å². The third-order valence-electron chi connectivity index (χ3n) is 11.5. The molecule has 0 aliphatic carbocycles. The van der Waals surface area contributed by atoms with Crippen LogP contribution in [0.15, 0.2) is 97.1 Å². The van der Waals surface area contributed by atoms with E-state index in [0.29, 0.717) is 11.8 Å². The van der Waals surface area contributed by atoms with Crippen molar-refractivity contribution in [1.29, 1.82) is 0 Å².